The second kappa shape index (κ2) is 10.5. The van der Waals surface area contributed by atoms with Crippen molar-refractivity contribution in [2.75, 3.05) is 0 Å². The van der Waals surface area contributed by atoms with Gasteiger partial charge < -0.3 is 14.2 Å². The van der Waals surface area contributed by atoms with Crippen LogP contribution in [0.3, 0.4) is 0 Å². The SMILES string of the molecule is C=C(C)C(=O)OC1CC(C(OC(C)=O)(C(F)(F)F)C(F)(F)F)CC(C(OC(C)=O)(C(F)(F)F)C(F)(F)F)C1. The van der Waals surface area contributed by atoms with Crippen LogP contribution in [0, 0.1) is 11.8 Å². The van der Waals surface area contributed by atoms with E-state index in [1.807, 2.05) is 0 Å². The van der Waals surface area contributed by atoms with Crippen LogP contribution >= 0.6 is 0 Å². The van der Waals surface area contributed by atoms with Crippen LogP contribution in [0.15, 0.2) is 12.2 Å². The van der Waals surface area contributed by atoms with Crippen molar-refractivity contribution < 1.29 is 81.3 Å². The lowest BCUT2D eigenvalue weighted by Crippen LogP contribution is -2.69. The van der Waals surface area contributed by atoms with E-state index < -0.39 is 96.6 Å². The quantitative estimate of drug-likeness (QED) is 0.172. The Bertz CT molecular complexity index is 843. The predicted octanol–water partition coefficient (Wildman–Crippen LogP) is 5.74. The van der Waals surface area contributed by atoms with Crippen molar-refractivity contribution in [1.82, 2.24) is 0 Å². The fraction of sp³-hybridized carbons (Fsp3) is 0.750. The second-order valence-corrected chi connectivity index (χ2v) is 8.56. The van der Waals surface area contributed by atoms with Crippen LogP contribution in [0.25, 0.3) is 0 Å². The molecule has 1 aliphatic carbocycles. The molecule has 0 aromatic heterocycles. The topological polar surface area (TPSA) is 78.9 Å². The summed E-state index contributed by atoms with van der Waals surface area (Å²) >= 11 is 0. The second-order valence-electron chi connectivity index (χ2n) is 8.56. The summed E-state index contributed by atoms with van der Waals surface area (Å²) in [6.07, 6.45) is -34.5. The molecule has 0 radical (unpaired) electrons. The standard InChI is InChI=1S/C20H20F12O6/c1-8(2)14(35)36-13-6-11(15(17(21,22)23,18(24,25)26)37-9(3)33)5-12(7-13)16(19(27,28)29,20(30,31)32)38-10(4)34/h11-13H,1,5-7H2,2-4H3. The molecule has 6 nitrogen and oxygen atoms in total. The number of hydrogen-bond donors (Lipinski definition) is 0. The van der Waals surface area contributed by atoms with Crippen LogP contribution < -0.4 is 0 Å². The molecule has 0 bridgehead atoms. The average Bonchev–Trinajstić information content (AvgIpc) is 2.65. The third kappa shape index (κ3) is 6.13. The maximum Gasteiger partial charge on any atom is 0.437 e. The summed E-state index contributed by atoms with van der Waals surface area (Å²) in [5, 5.41) is 0. The molecule has 1 saturated carbocycles. The lowest BCUT2D eigenvalue weighted by atomic mass is 9.65. The minimum atomic E-state index is -6.63. The lowest BCUT2D eigenvalue weighted by molar-refractivity contribution is -0.405. The number of carbonyl (C=O) groups excluding carboxylic acids is 3. The number of esters is 3. The summed E-state index contributed by atoms with van der Waals surface area (Å²) in [5.41, 5.74) is -11.8. The molecule has 1 aliphatic rings. The molecular weight excluding hydrogens is 564 g/mol. The monoisotopic (exact) mass is 584 g/mol. The zero-order valence-electron chi connectivity index (χ0n) is 19.5. The van der Waals surface area contributed by atoms with Gasteiger partial charge in [0.25, 0.3) is 0 Å². The van der Waals surface area contributed by atoms with E-state index in [4.69, 9.17) is 0 Å². The van der Waals surface area contributed by atoms with Crippen LogP contribution in [-0.4, -0.2) is 59.9 Å². The molecule has 220 valence electrons. The van der Waals surface area contributed by atoms with Crippen molar-refractivity contribution in [2.45, 2.75) is 82.0 Å². The molecule has 0 amide bonds. The highest BCUT2D eigenvalue weighted by Crippen LogP contribution is 2.60. The van der Waals surface area contributed by atoms with Crippen molar-refractivity contribution in [2.24, 2.45) is 11.8 Å². The molecule has 0 saturated heterocycles. The zero-order chi connectivity index (χ0) is 30.3. The van der Waals surface area contributed by atoms with E-state index in [0.29, 0.717) is 0 Å². The van der Waals surface area contributed by atoms with Gasteiger partial charge in [0.15, 0.2) is 0 Å². The molecule has 0 aliphatic heterocycles. The molecule has 0 aromatic rings. The van der Waals surface area contributed by atoms with Crippen LogP contribution in [0.1, 0.15) is 40.0 Å². The first-order valence-corrected chi connectivity index (χ1v) is 10.3. The molecule has 0 aromatic carbocycles. The van der Waals surface area contributed by atoms with Gasteiger partial charge in [0.1, 0.15) is 6.10 Å². The molecule has 18 heteroatoms. The first-order valence-electron chi connectivity index (χ1n) is 10.3. The smallest absolute Gasteiger partial charge is 0.437 e. The van der Waals surface area contributed by atoms with Gasteiger partial charge >= 0.3 is 53.8 Å². The number of alkyl halides is 12. The summed E-state index contributed by atoms with van der Waals surface area (Å²) in [7, 11) is 0. The predicted molar refractivity (Wildman–Crippen MR) is 98.7 cm³/mol. The summed E-state index contributed by atoms with van der Waals surface area (Å²) in [4.78, 5) is 34.6. The van der Waals surface area contributed by atoms with Crippen molar-refractivity contribution in [3.63, 3.8) is 0 Å². The van der Waals surface area contributed by atoms with E-state index in [0.717, 1.165) is 6.92 Å². The largest absolute Gasteiger partial charge is 0.459 e. The van der Waals surface area contributed by atoms with E-state index in [1.165, 1.54) is 0 Å². The van der Waals surface area contributed by atoms with Gasteiger partial charge in [0.2, 0.25) is 0 Å². The van der Waals surface area contributed by atoms with Gasteiger partial charge in [0.05, 0.1) is 0 Å². The third-order valence-electron chi connectivity index (χ3n) is 5.73. The van der Waals surface area contributed by atoms with Gasteiger partial charge in [-0.2, -0.15) is 52.7 Å². The third-order valence-corrected chi connectivity index (χ3v) is 5.73. The highest BCUT2D eigenvalue weighted by atomic mass is 19.4. The Hall–Kier alpha value is -2.69. The lowest BCUT2D eigenvalue weighted by Gasteiger charge is -2.50. The Kier molecular flexibility index (Phi) is 9.18. The number of carbonyl (C=O) groups is 3. The minimum Gasteiger partial charge on any atom is -0.459 e. The molecule has 38 heavy (non-hydrogen) atoms. The molecule has 2 atom stereocenters. The van der Waals surface area contributed by atoms with Crippen LogP contribution in [0.4, 0.5) is 52.7 Å². The fourth-order valence-electron chi connectivity index (χ4n) is 4.38. The van der Waals surface area contributed by atoms with Gasteiger partial charge in [-0.1, -0.05) is 6.58 Å². The minimum absolute atomic E-state index is 0.0969. The summed E-state index contributed by atoms with van der Waals surface area (Å²) < 4.78 is 180. The fourth-order valence-corrected chi connectivity index (χ4v) is 4.38. The Morgan fingerprint density at radius 2 is 0.895 bits per heavy atom. The Labute approximate surface area is 206 Å². The molecule has 0 heterocycles. The Morgan fingerprint density at radius 3 is 1.11 bits per heavy atom. The summed E-state index contributed by atoms with van der Waals surface area (Å²) in [6.45, 7) is 4.17. The van der Waals surface area contributed by atoms with Crippen LogP contribution in [0.2, 0.25) is 0 Å². The van der Waals surface area contributed by atoms with Gasteiger partial charge in [-0.15, -0.1) is 0 Å². The number of hydrogen-bond acceptors (Lipinski definition) is 6. The number of rotatable bonds is 6. The van der Waals surface area contributed by atoms with E-state index in [1.54, 1.807) is 0 Å². The van der Waals surface area contributed by atoms with Crippen LogP contribution in [0.5, 0.6) is 0 Å². The molecule has 1 rings (SSSR count). The van der Waals surface area contributed by atoms with Gasteiger partial charge in [-0.25, -0.2) is 4.79 Å². The number of ether oxygens (including phenoxy) is 3. The van der Waals surface area contributed by atoms with Crippen molar-refractivity contribution in [1.29, 1.82) is 0 Å². The van der Waals surface area contributed by atoms with E-state index in [-0.39, 0.29) is 13.8 Å². The molecule has 1 fully saturated rings. The molecule has 0 spiro atoms. The van der Waals surface area contributed by atoms with Crippen LogP contribution in [-0.2, 0) is 28.6 Å². The van der Waals surface area contributed by atoms with E-state index >= 15 is 0 Å². The highest BCUT2D eigenvalue weighted by Gasteiger charge is 2.82. The van der Waals surface area contributed by atoms with Gasteiger partial charge in [-0.05, 0) is 26.2 Å². The summed E-state index contributed by atoms with van der Waals surface area (Å²) in [5.74, 6) is -12.9. The van der Waals surface area contributed by atoms with Crippen molar-refractivity contribution >= 4 is 17.9 Å². The average molecular weight is 584 g/mol. The maximum atomic E-state index is 14.0. The normalized spacial score (nSPS) is 21.9. The number of halogens is 12. The van der Waals surface area contributed by atoms with E-state index in [2.05, 4.69) is 20.8 Å². The zero-order valence-corrected chi connectivity index (χ0v) is 19.5. The summed E-state index contributed by atoms with van der Waals surface area (Å²) in [6, 6.07) is 0. The maximum absolute atomic E-state index is 14.0. The van der Waals surface area contributed by atoms with Gasteiger partial charge in [0, 0.05) is 31.3 Å². The van der Waals surface area contributed by atoms with E-state index in [9.17, 15) is 67.1 Å². The molecule has 2 unspecified atom stereocenters. The Balaban J connectivity index is 4.05. The van der Waals surface area contributed by atoms with Gasteiger partial charge in [-0.3, -0.25) is 9.59 Å². The Morgan fingerprint density at radius 1 is 0.605 bits per heavy atom. The first kappa shape index (κ1) is 33.3. The molecular formula is C20H20F12O6. The highest BCUT2D eigenvalue weighted by molar-refractivity contribution is 5.87. The van der Waals surface area contributed by atoms with Crippen molar-refractivity contribution in [3.05, 3.63) is 12.2 Å². The first-order chi connectivity index (χ1) is 16.7. The van der Waals surface area contributed by atoms with Crippen molar-refractivity contribution in [3.8, 4) is 0 Å². The molecule has 0 N–H and O–H groups in total.